The Kier molecular flexibility index (Phi) is 3.10. The van der Waals surface area contributed by atoms with Gasteiger partial charge in [0.25, 0.3) is 0 Å². The average Bonchev–Trinajstić information content (AvgIpc) is 2.85. The number of hydrogen-bond donors (Lipinski definition) is 1. The van der Waals surface area contributed by atoms with Crippen molar-refractivity contribution in [2.75, 3.05) is 0 Å². The first kappa shape index (κ1) is 14.7. The second-order valence-corrected chi connectivity index (χ2v) is 7.05. The molecule has 0 bridgehead atoms. The molecule has 0 radical (unpaired) electrons. The van der Waals surface area contributed by atoms with E-state index in [-0.39, 0.29) is 11.1 Å². The molecular formula is C20H19N3O. The number of fused-ring (bicyclic) bond motifs is 1. The largest absolute Gasteiger partial charge is 0.307 e. The van der Waals surface area contributed by atoms with Crippen LogP contribution < -0.4 is 5.56 Å². The van der Waals surface area contributed by atoms with Crippen LogP contribution in [0.4, 0.5) is 0 Å². The van der Waals surface area contributed by atoms with Crippen LogP contribution in [0.2, 0.25) is 0 Å². The van der Waals surface area contributed by atoms with Crippen molar-refractivity contribution < 1.29 is 0 Å². The highest BCUT2D eigenvalue weighted by Gasteiger charge is 2.25. The summed E-state index contributed by atoms with van der Waals surface area (Å²) in [5.41, 5.74) is 4.36. The molecule has 0 atom stereocenters. The zero-order valence-corrected chi connectivity index (χ0v) is 14.0. The lowest BCUT2D eigenvalue weighted by atomic mass is 9.97. The van der Waals surface area contributed by atoms with Gasteiger partial charge >= 0.3 is 0 Å². The van der Waals surface area contributed by atoms with Crippen LogP contribution in [-0.2, 0) is 5.54 Å². The molecule has 4 rings (SSSR count). The molecule has 24 heavy (non-hydrogen) atoms. The maximum atomic E-state index is 12.3. The fourth-order valence-electron chi connectivity index (χ4n) is 3.03. The first-order valence-electron chi connectivity index (χ1n) is 8.06. The Bertz CT molecular complexity index is 1040. The van der Waals surface area contributed by atoms with Crippen molar-refractivity contribution >= 4 is 16.6 Å². The van der Waals surface area contributed by atoms with Crippen molar-refractivity contribution in [2.24, 2.45) is 0 Å². The monoisotopic (exact) mass is 317 g/mol. The van der Waals surface area contributed by atoms with Crippen LogP contribution in [0.3, 0.4) is 0 Å². The van der Waals surface area contributed by atoms with Crippen molar-refractivity contribution in [3.05, 3.63) is 70.7 Å². The van der Waals surface area contributed by atoms with Crippen molar-refractivity contribution in [2.45, 2.75) is 26.3 Å². The van der Waals surface area contributed by atoms with Gasteiger partial charge in [0.1, 0.15) is 11.3 Å². The van der Waals surface area contributed by atoms with Crippen LogP contribution in [0, 0.1) is 0 Å². The fourth-order valence-corrected chi connectivity index (χ4v) is 3.03. The molecule has 3 aromatic rings. The van der Waals surface area contributed by atoms with Gasteiger partial charge in [0.05, 0.1) is 10.9 Å². The minimum Gasteiger partial charge on any atom is -0.307 e. The molecule has 1 N–H and O–H groups in total. The number of benzene rings is 1. The third-order valence-electron chi connectivity index (χ3n) is 4.22. The lowest BCUT2D eigenvalue weighted by Gasteiger charge is -2.20. The van der Waals surface area contributed by atoms with E-state index in [1.165, 1.54) is 0 Å². The molecule has 0 saturated heterocycles. The number of allylic oxidation sites excluding steroid dienone is 4. The van der Waals surface area contributed by atoms with Gasteiger partial charge in [0.2, 0.25) is 5.56 Å². The van der Waals surface area contributed by atoms with E-state index in [9.17, 15) is 4.79 Å². The molecule has 0 spiro atoms. The second-order valence-electron chi connectivity index (χ2n) is 7.05. The number of H-pyrrole nitrogens is 1. The Labute approximate surface area is 140 Å². The molecule has 1 aromatic carbocycles. The highest BCUT2D eigenvalue weighted by molar-refractivity contribution is 6.02. The van der Waals surface area contributed by atoms with Crippen LogP contribution in [-0.4, -0.2) is 14.8 Å². The van der Waals surface area contributed by atoms with Crippen molar-refractivity contribution in [1.29, 1.82) is 0 Å². The Hall–Kier alpha value is -2.88. The molecule has 0 aliphatic heterocycles. The van der Waals surface area contributed by atoms with Crippen LogP contribution in [0.25, 0.3) is 27.7 Å². The zero-order valence-electron chi connectivity index (χ0n) is 14.0. The van der Waals surface area contributed by atoms with Crippen molar-refractivity contribution in [1.82, 2.24) is 14.8 Å². The molecule has 120 valence electrons. The summed E-state index contributed by atoms with van der Waals surface area (Å²) in [7, 11) is 0. The minimum absolute atomic E-state index is 0.114. The first-order valence-corrected chi connectivity index (χ1v) is 8.06. The van der Waals surface area contributed by atoms with E-state index in [0.717, 1.165) is 33.4 Å². The van der Waals surface area contributed by atoms with Gasteiger partial charge in [-0.2, -0.15) is 5.10 Å². The quantitative estimate of drug-likeness (QED) is 0.773. The lowest BCUT2D eigenvalue weighted by Crippen LogP contribution is -2.24. The first-order chi connectivity index (χ1) is 11.4. The number of aromatic amines is 1. The maximum absolute atomic E-state index is 12.3. The summed E-state index contributed by atoms with van der Waals surface area (Å²) in [5.74, 6) is 0. The summed E-state index contributed by atoms with van der Waals surface area (Å²) in [6.45, 7) is 6.26. The van der Waals surface area contributed by atoms with Crippen LogP contribution in [0.5, 0.6) is 0 Å². The van der Waals surface area contributed by atoms with Gasteiger partial charge in [-0.05, 0) is 26.3 Å². The predicted octanol–water partition coefficient (Wildman–Crippen LogP) is 4.10. The SMILES string of the molecule is CC(C)(C)n1nc(C2=CC=C2)c2c(-c3ccccc3)cc(=O)[nH]c21. The van der Waals surface area contributed by atoms with Gasteiger partial charge in [0, 0.05) is 17.2 Å². The average molecular weight is 317 g/mol. The highest BCUT2D eigenvalue weighted by atomic mass is 16.1. The normalized spacial score (nSPS) is 13.9. The van der Waals surface area contributed by atoms with Gasteiger partial charge in [0.15, 0.2) is 0 Å². The van der Waals surface area contributed by atoms with Crippen LogP contribution in [0.1, 0.15) is 26.5 Å². The van der Waals surface area contributed by atoms with Crippen LogP contribution >= 0.6 is 0 Å². The standard InChI is InChI=1S/C20H19N3O/c1-20(2,3)23-19-17(18(22-23)14-10-7-11-14)15(12-16(24)21-19)13-8-5-4-6-9-13/h4-12H,1-3H3,(H,21,24). The summed E-state index contributed by atoms with van der Waals surface area (Å²) < 4.78 is 1.92. The van der Waals surface area contributed by atoms with Crippen molar-refractivity contribution in [3.8, 4) is 11.1 Å². The number of hydrogen-bond acceptors (Lipinski definition) is 2. The number of nitrogens with zero attached hydrogens (tertiary/aromatic N) is 2. The van der Waals surface area contributed by atoms with E-state index in [2.05, 4.69) is 37.9 Å². The Morgan fingerprint density at radius 2 is 1.83 bits per heavy atom. The molecule has 2 aromatic heterocycles. The summed E-state index contributed by atoms with van der Waals surface area (Å²) in [6, 6.07) is 11.7. The van der Waals surface area contributed by atoms with E-state index in [1.54, 1.807) is 6.07 Å². The van der Waals surface area contributed by atoms with E-state index in [0.29, 0.717) is 0 Å². The molecule has 0 amide bonds. The Morgan fingerprint density at radius 1 is 1.12 bits per heavy atom. The molecule has 0 fully saturated rings. The molecule has 2 heterocycles. The smallest absolute Gasteiger partial charge is 0.250 e. The molecule has 1 aliphatic rings. The third-order valence-corrected chi connectivity index (χ3v) is 4.22. The zero-order chi connectivity index (χ0) is 16.9. The molecule has 0 saturated carbocycles. The van der Waals surface area contributed by atoms with E-state index in [1.807, 2.05) is 41.1 Å². The second kappa shape index (κ2) is 5.06. The minimum atomic E-state index is -0.233. The molecule has 4 nitrogen and oxygen atoms in total. The third kappa shape index (κ3) is 2.22. The fraction of sp³-hybridized carbons (Fsp3) is 0.200. The number of nitrogens with one attached hydrogen (secondary N) is 1. The molecule has 0 unspecified atom stereocenters. The molecular weight excluding hydrogens is 298 g/mol. The maximum Gasteiger partial charge on any atom is 0.250 e. The van der Waals surface area contributed by atoms with Gasteiger partial charge in [-0.25, -0.2) is 4.68 Å². The summed E-state index contributed by atoms with van der Waals surface area (Å²) in [5, 5.41) is 5.83. The number of aromatic nitrogens is 3. The van der Waals surface area contributed by atoms with E-state index < -0.39 is 0 Å². The van der Waals surface area contributed by atoms with Crippen LogP contribution in [0.15, 0.2) is 59.4 Å². The number of pyridine rings is 1. The predicted molar refractivity (Wildman–Crippen MR) is 97.9 cm³/mol. The van der Waals surface area contributed by atoms with E-state index in [4.69, 9.17) is 5.10 Å². The Balaban J connectivity index is 2.14. The van der Waals surface area contributed by atoms with Gasteiger partial charge in [-0.1, -0.05) is 48.6 Å². The summed E-state index contributed by atoms with van der Waals surface area (Å²) in [6.07, 6.45) is 6.11. The molecule has 1 aliphatic carbocycles. The van der Waals surface area contributed by atoms with E-state index >= 15 is 0 Å². The molecule has 4 heteroatoms. The van der Waals surface area contributed by atoms with Crippen molar-refractivity contribution in [3.63, 3.8) is 0 Å². The van der Waals surface area contributed by atoms with Gasteiger partial charge in [-0.15, -0.1) is 0 Å². The summed E-state index contributed by atoms with van der Waals surface area (Å²) >= 11 is 0. The Morgan fingerprint density at radius 3 is 2.42 bits per heavy atom. The number of rotatable bonds is 2. The topological polar surface area (TPSA) is 50.7 Å². The van der Waals surface area contributed by atoms with Gasteiger partial charge in [-0.3, -0.25) is 4.79 Å². The lowest BCUT2D eigenvalue weighted by molar-refractivity contribution is 0.365. The summed E-state index contributed by atoms with van der Waals surface area (Å²) in [4.78, 5) is 15.3. The highest BCUT2D eigenvalue weighted by Crippen LogP contribution is 2.36. The van der Waals surface area contributed by atoms with Gasteiger partial charge < -0.3 is 4.98 Å².